The van der Waals surface area contributed by atoms with Crippen molar-refractivity contribution in [1.29, 1.82) is 0 Å². The molecule has 0 fully saturated rings. The maximum atomic E-state index is 6.57. The first-order valence-electron chi connectivity index (χ1n) is 9.71. The number of rotatable bonds is 2. The minimum Gasteiger partial charge on any atom is -0.480 e. The summed E-state index contributed by atoms with van der Waals surface area (Å²) < 4.78 is 9.46. The van der Waals surface area contributed by atoms with E-state index in [1.54, 1.807) is 12.5 Å². The zero-order chi connectivity index (χ0) is 20.9. The summed E-state index contributed by atoms with van der Waals surface area (Å²) in [5.41, 5.74) is 4.91. The predicted octanol–water partition coefficient (Wildman–Crippen LogP) is 5.65. The fraction of sp³-hybridized carbons (Fsp3) is 0.0870. The maximum Gasteiger partial charge on any atom is 0.226 e. The first-order chi connectivity index (χ1) is 15.2. The minimum absolute atomic E-state index is 0.233. The van der Waals surface area contributed by atoms with Gasteiger partial charge in [-0.3, -0.25) is 4.98 Å². The van der Waals surface area contributed by atoms with Crippen molar-refractivity contribution in [3.05, 3.63) is 105 Å². The largest absolute Gasteiger partial charge is 0.480 e. The van der Waals surface area contributed by atoms with Gasteiger partial charge in [0.1, 0.15) is 24.2 Å². The number of aromatic nitrogens is 4. The minimum atomic E-state index is -0.327. The second-order valence-electron chi connectivity index (χ2n) is 7.36. The Labute approximate surface area is 191 Å². The van der Waals surface area contributed by atoms with Gasteiger partial charge in [0, 0.05) is 33.0 Å². The van der Waals surface area contributed by atoms with Crippen molar-refractivity contribution in [3.63, 3.8) is 0 Å². The lowest BCUT2D eigenvalue weighted by molar-refractivity contribution is 0.223. The van der Waals surface area contributed by atoms with Crippen molar-refractivity contribution >= 4 is 39.2 Å². The van der Waals surface area contributed by atoms with Gasteiger partial charge in [-0.15, -0.1) is 0 Å². The third kappa shape index (κ3) is 3.04. The molecule has 0 radical (unpaired) electrons. The Balaban J connectivity index is 1.64. The van der Waals surface area contributed by atoms with E-state index in [4.69, 9.17) is 16.3 Å². The van der Waals surface area contributed by atoms with E-state index < -0.39 is 0 Å². The highest BCUT2D eigenvalue weighted by molar-refractivity contribution is 9.10. The second kappa shape index (κ2) is 7.21. The summed E-state index contributed by atoms with van der Waals surface area (Å²) in [4.78, 5) is 8.78. The quantitative estimate of drug-likeness (QED) is 0.392. The molecule has 0 saturated heterocycles. The van der Waals surface area contributed by atoms with Gasteiger partial charge in [0.2, 0.25) is 5.95 Å². The molecule has 2 aliphatic rings. The van der Waals surface area contributed by atoms with Gasteiger partial charge in [0.05, 0.1) is 5.70 Å². The zero-order valence-corrected chi connectivity index (χ0v) is 18.4. The van der Waals surface area contributed by atoms with Crippen molar-refractivity contribution in [2.75, 3.05) is 5.32 Å². The lowest BCUT2D eigenvalue weighted by Crippen LogP contribution is -2.32. The number of pyridine rings is 1. The highest BCUT2D eigenvalue weighted by Gasteiger charge is 2.41. The molecule has 6 nitrogen and oxygen atoms in total. The molecule has 0 amide bonds. The van der Waals surface area contributed by atoms with Gasteiger partial charge in [-0.25, -0.2) is 4.68 Å². The normalized spacial score (nSPS) is 19.0. The van der Waals surface area contributed by atoms with Crippen LogP contribution in [-0.2, 0) is 0 Å². The number of halogens is 2. The number of hydrogen-bond acceptors (Lipinski definition) is 5. The summed E-state index contributed by atoms with van der Waals surface area (Å²) in [6, 6.07) is 17.6. The average Bonchev–Trinajstić information content (AvgIpc) is 3.27. The fourth-order valence-corrected chi connectivity index (χ4v) is 4.65. The molecule has 8 heteroatoms. The third-order valence-electron chi connectivity index (χ3n) is 5.55. The topological polar surface area (TPSA) is 64.9 Å². The molecule has 0 spiro atoms. The number of fused-ring (bicyclic) bond motifs is 3. The Bertz CT molecular complexity index is 1320. The Morgan fingerprint density at radius 1 is 1.06 bits per heavy atom. The molecule has 0 bridgehead atoms. The van der Waals surface area contributed by atoms with Crippen molar-refractivity contribution in [2.24, 2.45) is 0 Å². The summed E-state index contributed by atoms with van der Waals surface area (Å²) in [5.74, 6) is 1.43. The van der Waals surface area contributed by atoms with Crippen molar-refractivity contribution < 1.29 is 4.74 Å². The molecule has 0 aliphatic carbocycles. The van der Waals surface area contributed by atoms with Crippen molar-refractivity contribution in [3.8, 4) is 5.75 Å². The van der Waals surface area contributed by atoms with Gasteiger partial charge in [-0.2, -0.15) is 10.1 Å². The molecule has 2 aromatic heterocycles. The number of ether oxygens (including phenoxy) is 1. The summed E-state index contributed by atoms with van der Waals surface area (Å²) in [5, 5.41) is 8.63. The van der Waals surface area contributed by atoms with Gasteiger partial charge >= 0.3 is 0 Å². The van der Waals surface area contributed by atoms with E-state index in [-0.39, 0.29) is 12.1 Å². The van der Waals surface area contributed by atoms with Crippen molar-refractivity contribution in [2.45, 2.75) is 12.1 Å². The van der Waals surface area contributed by atoms with E-state index in [0.29, 0.717) is 11.0 Å². The van der Waals surface area contributed by atoms with E-state index in [1.807, 2.05) is 53.3 Å². The first kappa shape index (κ1) is 18.6. The number of anilines is 1. The molecule has 6 rings (SSSR count). The molecule has 2 aliphatic heterocycles. The molecule has 152 valence electrons. The summed E-state index contributed by atoms with van der Waals surface area (Å²) >= 11 is 9.88. The van der Waals surface area contributed by atoms with E-state index >= 15 is 0 Å². The van der Waals surface area contributed by atoms with Crippen LogP contribution in [0.25, 0.3) is 5.70 Å². The molecule has 0 saturated carbocycles. The van der Waals surface area contributed by atoms with Gasteiger partial charge in [0.25, 0.3) is 0 Å². The monoisotopic (exact) mass is 491 g/mol. The number of benzene rings is 2. The summed E-state index contributed by atoms with van der Waals surface area (Å²) in [6.45, 7) is 0. The standard InChI is InChI=1S/C23H15BrClN5O/c24-15-5-3-13(4-6-15)22-19-20(17-10-16(25)7-8-18(17)31-22)29-23-27-12-28-30(23)21(19)14-2-1-9-26-11-14/h1-12,21-22H,(H,27,28,29)/t21-,22-/m1/s1. The van der Waals surface area contributed by atoms with E-state index in [9.17, 15) is 0 Å². The van der Waals surface area contributed by atoms with Crippen LogP contribution in [0.3, 0.4) is 0 Å². The van der Waals surface area contributed by atoms with Gasteiger partial charge < -0.3 is 10.1 Å². The van der Waals surface area contributed by atoms with Crippen LogP contribution in [0.2, 0.25) is 5.02 Å². The SMILES string of the molecule is Clc1ccc2c(c1)C1=C([C@@H](c3ccc(Br)cc3)O2)[C@@H](c2cccnc2)n2ncnc2N1. The Kier molecular flexibility index (Phi) is 4.33. The third-order valence-corrected chi connectivity index (χ3v) is 6.31. The molecule has 4 aromatic rings. The van der Waals surface area contributed by atoms with Crippen LogP contribution in [0.1, 0.15) is 28.8 Å². The molecule has 2 aromatic carbocycles. The van der Waals surface area contributed by atoms with Gasteiger partial charge in [-0.1, -0.05) is 45.7 Å². The molecular formula is C23H15BrClN5O. The Morgan fingerprint density at radius 3 is 2.74 bits per heavy atom. The van der Waals surface area contributed by atoms with Crippen LogP contribution in [-0.4, -0.2) is 19.7 Å². The van der Waals surface area contributed by atoms with Gasteiger partial charge in [-0.05, 0) is 47.5 Å². The number of hydrogen-bond donors (Lipinski definition) is 1. The second-order valence-corrected chi connectivity index (χ2v) is 8.71. The lowest BCUT2D eigenvalue weighted by Gasteiger charge is -2.38. The Morgan fingerprint density at radius 2 is 1.94 bits per heavy atom. The molecule has 4 heterocycles. The highest BCUT2D eigenvalue weighted by Crippen LogP contribution is 2.50. The summed E-state index contributed by atoms with van der Waals surface area (Å²) in [6.07, 6.45) is 4.85. The van der Waals surface area contributed by atoms with Crippen LogP contribution in [0, 0.1) is 0 Å². The zero-order valence-electron chi connectivity index (χ0n) is 16.0. The summed E-state index contributed by atoms with van der Waals surface area (Å²) in [7, 11) is 0. The van der Waals surface area contributed by atoms with E-state index in [2.05, 4.69) is 48.4 Å². The molecule has 31 heavy (non-hydrogen) atoms. The molecule has 1 N–H and O–H groups in total. The smallest absolute Gasteiger partial charge is 0.226 e. The molecule has 0 unspecified atom stereocenters. The van der Waals surface area contributed by atoms with Crippen LogP contribution in [0.4, 0.5) is 5.95 Å². The van der Waals surface area contributed by atoms with E-state index in [1.165, 1.54) is 0 Å². The maximum absolute atomic E-state index is 6.57. The predicted molar refractivity (Wildman–Crippen MR) is 122 cm³/mol. The van der Waals surface area contributed by atoms with Crippen molar-refractivity contribution in [1.82, 2.24) is 19.7 Å². The lowest BCUT2D eigenvalue weighted by atomic mass is 9.85. The van der Waals surface area contributed by atoms with Crippen LogP contribution >= 0.6 is 27.5 Å². The average molecular weight is 493 g/mol. The number of nitrogens with one attached hydrogen (secondary N) is 1. The van der Waals surface area contributed by atoms with Crippen LogP contribution < -0.4 is 10.1 Å². The van der Waals surface area contributed by atoms with Crippen LogP contribution in [0.5, 0.6) is 5.75 Å². The van der Waals surface area contributed by atoms with Gasteiger partial charge in [0.15, 0.2) is 0 Å². The molecule has 2 atom stereocenters. The fourth-order valence-electron chi connectivity index (χ4n) is 4.21. The van der Waals surface area contributed by atoms with E-state index in [0.717, 1.165) is 38.2 Å². The number of nitrogens with zero attached hydrogens (tertiary/aromatic N) is 4. The Hall–Kier alpha value is -3.16. The first-order valence-corrected chi connectivity index (χ1v) is 10.9. The molecular weight excluding hydrogens is 478 g/mol. The highest BCUT2D eigenvalue weighted by atomic mass is 79.9. The van der Waals surface area contributed by atoms with Crippen LogP contribution in [0.15, 0.2) is 83.4 Å².